The van der Waals surface area contributed by atoms with Crippen LogP contribution in [-0.2, 0) is 14.8 Å². The monoisotopic (exact) mass is 411 g/mol. The van der Waals surface area contributed by atoms with Crippen molar-refractivity contribution in [3.63, 3.8) is 0 Å². The molecule has 1 amide bonds. The first-order chi connectivity index (χ1) is 11.4. The van der Waals surface area contributed by atoms with Gasteiger partial charge in [0.15, 0.2) is 0 Å². The van der Waals surface area contributed by atoms with Crippen LogP contribution in [0.1, 0.15) is 6.92 Å². The number of sulfonamides is 1. The highest BCUT2D eigenvalue weighted by Gasteiger charge is 2.25. The standard InChI is InChI=1S/C16H18BrN3O3S/c1-3-20(15-10-9-13(17)11-18-15)16(21)12-19(2)24(22,23)14-7-5-4-6-8-14/h4-11H,3,12H2,1-2H3. The van der Waals surface area contributed by atoms with Crippen LogP contribution < -0.4 is 4.90 Å². The lowest BCUT2D eigenvalue weighted by Crippen LogP contribution is -2.41. The molecule has 0 N–H and O–H groups in total. The molecule has 0 aliphatic heterocycles. The maximum atomic E-state index is 12.5. The summed E-state index contributed by atoms with van der Waals surface area (Å²) in [6.45, 7) is 1.95. The third kappa shape index (κ3) is 4.19. The fraction of sp³-hybridized carbons (Fsp3) is 0.250. The molecular formula is C16H18BrN3O3S. The highest BCUT2D eigenvalue weighted by Crippen LogP contribution is 2.17. The maximum Gasteiger partial charge on any atom is 0.243 e. The summed E-state index contributed by atoms with van der Waals surface area (Å²) in [7, 11) is -2.31. The molecule has 24 heavy (non-hydrogen) atoms. The average Bonchev–Trinajstić information content (AvgIpc) is 2.58. The molecule has 1 aromatic heterocycles. The first kappa shape index (κ1) is 18.6. The van der Waals surface area contributed by atoms with Gasteiger partial charge in [-0.15, -0.1) is 0 Å². The Labute approximate surface area is 150 Å². The van der Waals surface area contributed by atoms with Crippen molar-refractivity contribution >= 4 is 37.7 Å². The second kappa shape index (κ2) is 7.87. The SMILES string of the molecule is CCN(C(=O)CN(C)S(=O)(=O)c1ccccc1)c1ccc(Br)cn1. The number of aromatic nitrogens is 1. The van der Waals surface area contributed by atoms with Crippen molar-refractivity contribution in [2.24, 2.45) is 0 Å². The Morgan fingerprint density at radius 3 is 2.38 bits per heavy atom. The van der Waals surface area contributed by atoms with Crippen LogP contribution in [0.4, 0.5) is 5.82 Å². The fourth-order valence-corrected chi connectivity index (χ4v) is 3.50. The molecule has 0 bridgehead atoms. The minimum Gasteiger partial charge on any atom is -0.296 e. The Kier molecular flexibility index (Phi) is 6.09. The summed E-state index contributed by atoms with van der Waals surface area (Å²) in [5, 5.41) is 0. The van der Waals surface area contributed by atoms with Crippen molar-refractivity contribution in [3.8, 4) is 0 Å². The number of likely N-dealkylation sites (N-methyl/N-ethyl adjacent to an activating group) is 2. The number of rotatable bonds is 6. The smallest absolute Gasteiger partial charge is 0.243 e. The highest BCUT2D eigenvalue weighted by molar-refractivity contribution is 9.10. The summed E-state index contributed by atoms with van der Waals surface area (Å²) in [6, 6.07) is 11.5. The van der Waals surface area contributed by atoms with E-state index in [-0.39, 0.29) is 17.3 Å². The Morgan fingerprint density at radius 2 is 1.83 bits per heavy atom. The Balaban J connectivity index is 2.16. The highest BCUT2D eigenvalue weighted by atomic mass is 79.9. The minimum atomic E-state index is -3.71. The van der Waals surface area contributed by atoms with E-state index in [9.17, 15) is 13.2 Å². The van der Waals surface area contributed by atoms with Crippen LogP contribution in [0.15, 0.2) is 58.0 Å². The van der Waals surface area contributed by atoms with Crippen molar-refractivity contribution in [1.82, 2.24) is 9.29 Å². The number of anilines is 1. The normalized spacial score (nSPS) is 11.5. The molecule has 1 aromatic carbocycles. The van der Waals surface area contributed by atoms with E-state index >= 15 is 0 Å². The molecular weight excluding hydrogens is 394 g/mol. The summed E-state index contributed by atoms with van der Waals surface area (Å²) in [6.07, 6.45) is 1.59. The van der Waals surface area contributed by atoms with Crippen molar-refractivity contribution < 1.29 is 13.2 Å². The number of pyridine rings is 1. The number of carbonyl (C=O) groups excluding carboxylic acids is 1. The van der Waals surface area contributed by atoms with Gasteiger partial charge in [-0.25, -0.2) is 13.4 Å². The topological polar surface area (TPSA) is 70.6 Å². The number of benzene rings is 1. The lowest BCUT2D eigenvalue weighted by molar-refractivity contribution is -0.118. The van der Waals surface area contributed by atoms with Crippen molar-refractivity contribution in [3.05, 3.63) is 53.1 Å². The van der Waals surface area contributed by atoms with E-state index in [0.29, 0.717) is 12.4 Å². The molecule has 128 valence electrons. The summed E-state index contributed by atoms with van der Waals surface area (Å²) in [5.74, 6) is 0.144. The van der Waals surface area contributed by atoms with Crippen LogP contribution in [0, 0.1) is 0 Å². The third-order valence-electron chi connectivity index (χ3n) is 3.41. The van der Waals surface area contributed by atoms with Crippen LogP contribution in [0.5, 0.6) is 0 Å². The van der Waals surface area contributed by atoms with E-state index < -0.39 is 10.0 Å². The number of hydrogen-bond donors (Lipinski definition) is 0. The van der Waals surface area contributed by atoms with Gasteiger partial charge >= 0.3 is 0 Å². The molecule has 0 spiro atoms. The van der Waals surface area contributed by atoms with Gasteiger partial charge in [0.25, 0.3) is 0 Å². The Hall–Kier alpha value is -1.77. The summed E-state index contributed by atoms with van der Waals surface area (Å²) in [5.41, 5.74) is 0. The van der Waals surface area contributed by atoms with E-state index in [1.54, 1.807) is 36.5 Å². The number of hydrogen-bond acceptors (Lipinski definition) is 4. The predicted molar refractivity (Wildman–Crippen MR) is 96.2 cm³/mol. The van der Waals surface area contributed by atoms with Gasteiger partial charge in [-0.2, -0.15) is 4.31 Å². The van der Waals surface area contributed by atoms with E-state index in [0.717, 1.165) is 8.78 Å². The second-order valence-electron chi connectivity index (χ2n) is 5.05. The average molecular weight is 412 g/mol. The predicted octanol–water partition coefficient (Wildman–Crippen LogP) is 2.52. The van der Waals surface area contributed by atoms with Crippen molar-refractivity contribution in [2.75, 3.05) is 25.0 Å². The summed E-state index contributed by atoms with van der Waals surface area (Å²) < 4.78 is 26.8. The van der Waals surface area contributed by atoms with Gasteiger partial charge in [-0.3, -0.25) is 9.69 Å². The zero-order valence-corrected chi connectivity index (χ0v) is 15.8. The van der Waals surface area contributed by atoms with Crippen molar-refractivity contribution in [1.29, 1.82) is 0 Å². The molecule has 2 aromatic rings. The number of amides is 1. The molecule has 0 unspecified atom stereocenters. The molecule has 0 fully saturated rings. The van der Waals surface area contributed by atoms with Gasteiger partial charge < -0.3 is 0 Å². The zero-order chi connectivity index (χ0) is 17.7. The first-order valence-corrected chi connectivity index (χ1v) is 9.53. The van der Waals surface area contributed by atoms with Crippen LogP contribution in [-0.4, -0.2) is 43.8 Å². The van der Waals surface area contributed by atoms with Crippen LogP contribution in [0.2, 0.25) is 0 Å². The van der Waals surface area contributed by atoms with Gasteiger partial charge in [-0.05, 0) is 47.1 Å². The van der Waals surface area contributed by atoms with Gasteiger partial charge in [0.1, 0.15) is 5.82 Å². The van der Waals surface area contributed by atoms with Crippen LogP contribution in [0.3, 0.4) is 0 Å². The molecule has 0 radical (unpaired) electrons. The molecule has 0 aliphatic carbocycles. The summed E-state index contributed by atoms with van der Waals surface area (Å²) >= 11 is 3.29. The largest absolute Gasteiger partial charge is 0.296 e. The third-order valence-corrected chi connectivity index (χ3v) is 5.70. The summed E-state index contributed by atoms with van der Waals surface area (Å²) in [4.78, 5) is 18.3. The maximum absolute atomic E-state index is 12.5. The van der Waals surface area contributed by atoms with E-state index in [1.807, 2.05) is 6.92 Å². The molecule has 8 heteroatoms. The number of nitrogens with zero attached hydrogens (tertiary/aromatic N) is 3. The Morgan fingerprint density at radius 1 is 1.17 bits per heavy atom. The molecule has 6 nitrogen and oxygen atoms in total. The fourth-order valence-electron chi connectivity index (χ4n) is 2.13. The molecule has 1 heterocycles. The van der Waals surface area contributed by atoms with Gasteiger partial charge in [0, 0.05) is 24.3 Å². The molecule has 0 atom stereocenters. The van der Waals surface area contributed by atoms with Crippen molar-refractivity contribution in [2.45, 2.75) is 11.8 Å². The minimum absolute atomic E-state index is 0.158. The van der Waals surface area contributed by atoms with Gasteiger partial charge in [-0.1, -0.05) is 18.2 Å². The second-order valence-corrected chi connectivity index (χ2v) is 8.01. The molecule has 2 rings (SSSR count). The molecule has 0 saturated carbocycles. The van der Waals surface area contributed by atoms with Crippen LogP contribution in [0.25, 0.3) is 0 Å². The lowest BCUT2D eigenvalue weighted by atomic mass is 10.4. The van der Waals surface area contributed by atoms with E-state index in [4.69, 9.17) is 0 Å². The van der Waals surface area contributed by atoms with Crippen LogP contribution >= 0.6 is 15.9 Å². The quantitative estimate of drug-likeness (QED) is 0.731. The first-order valence-electron chi connectivity index (χ1n) is 7.29. The molecule has 0 aliphatic rings. The number of carbonyl (C=O) groups is 1. The Bertz CT molecular complexity index is 795. The molecule has 0 saturated heterocycles. The van der Waals surface area contributed by atoms with E-state index in [2.05, 4.69) is 20.9 Å². The number of halogens is 1. The van der Waals surface area contributed by atoms with E-state index in [1.165, 1.54) is 24.1 Å². The lowest BCUT2D eigenvalue weighted by Gasteiger charge is -2.23. The van der Waals surface area contributed by atoms with Gasteiger partial charge in [0.2, 0.25) is 15.9 Å². The zero-order valence-electron chi connectivity index (χ0n) is 13.4. The van der Waals surface area contributed by atoms with Gasteiger partial charge in [0.05, 0.1) is 11.4 Å².